The van der Waals surface area contributed by atoms with Crippen LogP contribution in [0.2, 0.25) is 0 Å². The maximum absolute atomic E-state index is 9.81. The summed E-state index contributed by atoms with van der Waals surface area (Å²) in [6.45, 7) is 2.86. The molecule has 0 saturated heterocycles. The molecule has 0 aliphatic heterocycles. The van der Waals surface area contributed by atoms with Crippen molar-refractivity contribution in [2.75, 3.05) is 11.9 Å². The summed E-state index contributed by atoms with van der Waals surface area (Å²) in [4.78, 5) is 8.62. The molecule has 2 heterocycles. The van der Waals surface area contributed by atoms with Crippen molar-refractivity contribution >= 4 is 27.4 Å². The van der Waals surface area contributed by atoms with Gasteiger partial charge in [-0.15, -0.1) is 11.3 Å². The molecule has 0 bridgehead atoms. The van der Waals surface area contributed by atoms with Crippen LogP contribution in [0.3, 0.4) is 0 Å². The average molecular weight is 263 g/mol. The smallest absolute Gasteiger partial charge is 0.147 e. The van der Waals surface area contributed by atoms with Gasteiger partial charge in [0.2, 0.25) is 0 Å². The average Bonchev–Trinajstić information content (AvgIpc) is 2.95. The van der Waals surface area contributed by atoms with Crippen molar-refractivity contribution in [1.29, 1.82) is 0 Å². The van der Waals surface area contributed by atoms with Gasteiger partial charge in [-0.25, -0.2) is 9.97 Å². The third kappa shape index (κ3) is 2.08. The van der Waals surface area contributed by atoms with E-state index in [0.717, 1.165) is 41.8 Å². The van der Waals surface area contributed by atoms with Gasteiger partial charge < -0.3 is 10.4 Å². The van der Waals surface area contributed by atoms with E-state index in [0.29, 0.717) is 5.92 Å². The molecular weight excluding hydrogens is 246 g/mol. The van der Waals surface area contributed by atoms with Gasteiger partial charge in [-0.1, -0.05) is 6.42 Å². The standard InChI is InChI=1S/C13H17N3OS/c1-8-6-18-12-11(8)15-7-16-13(12)14-5-9-3-2-4-10(9)17/h6-7,9-10,17H,2-5H2,1H3,(H,14,15,16). The molecule has 2 aromatic rings. The normalized spacial score (nSPS) is 23.7. The molecule has 5 heteroatoms. The second kappa shape index (κ2) is 4.82. The Morgan fingerprint density at radius 2 is 2.33 bits per heavy atom. The van der Waals surface area contributed by atoms with E-state index in [9.17, 15) is 5.11 Å². The van der Waals surface area contributed by atoms with Gasteiger partial charge in [0, 0.05) is 12.5 Å². The van der Waals surface area contributed by atoms with E-state index in [1.807, 2.05) is 0 Å². The van der Waals surface area contributed by atoms with Crippen molar-refractivity contribution in [1.82, 2.24) is 9.97 Å². The summed E-state index contributed by atoms with van der Waals surface area (Å²) in [5.41, 5.74) is 2.23. The summed E-state index contributed by atoms with van der Waals surface area (Å²) in [5.74, 6) is 1.26. The Kier molecular flexibility index (Phi) is 3.18. The molecule has 3 rings (SSSR count). The Morgan fingerprint density at radius 3 is 3.11 bits per heavy atom. The number of hydrogen-bond acceptors (Lipinski definition) is 5. The lowest BCUT2D eigenvalue weighted by atomic mass is 10.1. The number of aliphatic hydroxyl groups is 1. The summed E-state index contributed by atoms with van der Waals surface area (Å²) in [6.07, 6.45) is 4.62. The van der Waals surface area contributed by atoms with Crippen molar-refractivity contribution in [2.24, 2.45) is 5.92 Å². The first-order valence-electron chi connectivity index (χ1n) is 6.36. The number of aromatic nitrogens is 2. The zero-order valence-electron chi connectivity index (χ0n) is 10.4. The van der Waals surface area contributed by atoms with Crippen LogP contribution in [-0.2, 0) is 0 Å². The van der Waals surface area contributed by atoms with Gasteiger partial charge in [0.15, 0.2) is 0 Å². The van der Waals surface area contributed by atoms with Gasteiger partial charge in [0.1, 0.15) is 12.1 Å². The Bertz CT molecular complexity index is 554. The van der Waals surface area contributed by atoms with Crippen LogP contribution in [0.25, 0.3) is 10.2 Å². The number of rotatable bonds is 3. The monoisotopic (exact) mass is 263 g/mol. The fourth-order valence-corrected chi connectivity index (χ4v) is 3.55. The number of anilines is 1. The van der Waals surface area contributed by atoms with Gasteiger partial charge in [0.05, 0.1) is 16.3 Å². The summed E-state index contributed by atoms with van der Waals surface area (Å²) in [5, 5.41) is 15.3. The highest BCUT2D eigenvalue weighted by Gasteiger charge is 2.25. The Hall–Kier alpha value is -1.20. The molecule has 96 valence electrons. The highest BCUT2D eigenvalue weighted by atomic mass is 32.1. The van der Waals surface area contributed by atoms with Crippen LogP contribution in [0.4, 0.5) is 5.82 Å². The molecule has 2 aromatic heterocycles. The molecule has 1 aliphatic rings. The van der Waals surface area contributed by atoms with Crippen molar-refractivity contribution in [2.45, 2.75) is 32.3 Å². The zero-order chi connectivity index (χ0) is 12.5. The van der Waals surface area contributed by atoms with E-state index in [-0.39, 0.29) is 6.10 Å². The molecule has 2 atom stereocenters. The highest BCUT2D eigenvalue weighted by molar-refractivity contribution is 7.18. The first-order chi connectivity index (χ1) is 8.75. The third-order valence-electron chi connectivity index (χ3n) is 3.68. The third-order valence-corrected chi connectivity index (χ3v) is 4.78. The topological polar surface area (TPSA) is 58.0 Å². The molecule has 0 spiro atoms. The van der Waals surface area contributed by atoms with E-state index in [1.54, 1.807) is 17.7 Å². The van der Waals surface area contributed by atoms with Crippen LogP contribution in [0.1, 0.15) is 24.8 Å². The predicted octanol–water partition coefficient (Wildman–Crippen LogP) is 2.57. The lowest BCUT2D eigenvalue weighted by Gasteiger charge is -2.15. The van der Waals surface area contributed by atoms with E-state index >= 15 is 0 Å². The minimum Gasteiger partial charge on any atom is -0.393 e. The Balaban J connectivity index is 1.78. The molecule has 1 saturated carbocycles. The number of thiophene rings is 1. The van der Waals surface area contributed by atoms with Crippen molar-refractivity contribution < 1.29 is 5.11 Å². The lowest BCUT2D eigenvalue weighted by molar-refractivity contribution is 0.138. The summed E-state index contributed by atoms with van der Waals surface area (Å²) in [6, 6.07) is 0. The first kappa shape index (κ1) is 11.9. The SMILES string of the molecule is Cc1csc2c(NCC3CCCC3O)ncnc12. The number of fused-ring (bicyclic) bond motifs is 1. The van der Waals surface area contributed by atoms with Crippen LogP contribution in [0.15, 0.2) is 11.7 Å². The minimum atomic E-state index is -0.153. The minimum absolute atomic E-state index is 0.153. The van der Waals surface area contributed by atoms with Gasteiger partial charge in [-0.3, -0.25) is 0 Å². The summed E-state index contributed by atoms with van der Waals surface area (Å²) < 4.78 is 1.11. The molecule has 4 nitrogen and oxygen atoms in total. The quantitative estimate of drug-likeness (QED) is 0.893. The molecule has 1 fully saturated rings. The van der Waals surface area contributed by atoms with Crippen LogP contribution in [0.5, 0.6) is 0 Å². The summed E-state index contributed by atoms with van der Waals surface area (Å²) in [7, 11) is 0. The number of aliphatic hydroxyl groups excluding tert-OH is 1. The Morgan fingerprint density at radius 1 is 1.44 bits per heavy atom. The molecule has 0 amide bonds. The van der Waals surface area contributed by atoms with Gasteiger partial charge in [0.25, 0.3) is 0 Å². The van der Waals surface area contributed by atoms with E-state index < -0.39 is 0 Å². The first-order valence-corrected chi connectivity index (χ1v) is 7.24. The molecule has 0 aromatic carbocycles. The molecule has 1 aliphatic carbocycles. The molecule has 2 unspecified atom stereocenters. The van der Waals surface area contributed by atoms with E-state index in [4.69, 9.17) is 0 Å². The number of hydrogen-bond donors (Lipinski definition) is 2. The van der Waals surface area contributed by atoms with Crippen LogP contribution in [-0.4, -0.2) is 27.7 Å². The van der Waals surface area contributed by atoms with Gasteiger partial charge in [-0.2, -0.15) is 0 Å². The number of aryl methyl sites for hydroxylation is 1. The number of nitrogens with one attached hydrogen (secondary N) is 1. The predicted molar refractivity (Wildman–Crippen MR) is 74.0 cm³/mol. The Labute approximate surface area is 110 Å². The fraction of sp³-hybridized carbons (Fsp3) is 0.538. The fourth-order valence-electron chi connectivity index (χ4n) is 2.58. The zero-order valence-corrected chi connectivity index (χ0v) is 11.2. The largest absolute Gasteiger partial charge is 0.393 e. The molecule has 2 N–H and O–H groups in total. The number of nitrogens with zero attached hydrogens (tertiary/aromatic N) is 2. The molecular formula is C13H17N3OS. The van der Waals surface area contributed by atoms with E-state index in [1.165, 1.54) is 5.56 Å². The van der Waals surface area contributed by atoms with Crippen LogP contribution < -0.4 is 5.32 Å². The summed E-state index contributed by atoms with van der Waals surface area (Å²) >= 11 is 1.67. The maximum Gasteiger partial charge on any atom is 0.147 e. The van der Waals surface area contributed by atoms with Crippen molar-refractivity contribution in [3.05, 3.63) is 17.3 Å². The molecule has 0 radical (unpaired) electrons. The van der Waals surface area contributed by atoms with Crippen LogP contribution in [0, 0.1) is 12.8 Å². The van der Waals surface area contributed by atoms with E-state index in [2.05, 4.69) is 27.6 Å². The second-order valence-electron chi connectivity index (χ2n) is 4.96. The maximum atomic E-state index is 9.81. The van der Waals surface area contributed by atoms with Crippen molar-refractivity contribution in [3.8, 4) is 0 Å². The van der Waals surface area contributed by atoms with Crippen LogP contribution >= 0.6 is 11.3 Å². The second-order valence-corrected chi connectivity index (χ2v) is 5.84. The van der Waals surface area contributed by atoms with Crippen molar-refractivity contribution in [3.63, 3.8) is 0 Å². The molecule has 18 heavy (non-hydrogen) atoms. The van der Waals surface area contributed by atoms with Gasteiger partial charge >= 0.3 is 0 Å². The van der Waals surface area contributed by atoms with Gasteiger partial charge in [-0.05, 0) is 30.7 Å². The lowest BCUT2D eigenvalue weighted by Crippen LogP contribution is -2.22. The highest BCUT2D eigenvalue weighted by Crippen LogP contribution is 2.30.